The van der Waals surface area contributed by atoms with Gasteiger partial charge in [-0.2, -0.15) is 4.98 Å². The molecule has 0 fully saturated rings. The number of guanidine groups is 1. The molecule has 150 valence electrons. The minimum atomic E-state index is 0. The zero-order chi connectivity index (χ0) is 19.2. The van der Waals surface area contributed by atoms with E-state index in [4.69, 9.17) is 16.1 Å². The fourth-order valence-corrected chi connectivity index (χ4v) is 3.06. The summed E-state index contributed by atoms with van der Waals surface area (Å²) in [7, 11) is 5.65. The molecule has 8 nitrogen and oxygen atoms in total. The lowest BCUT2D eigenvalue weighted by atomic mass is 10.2. The van der Waals surface area contributed by atoms with Crippen LogP contribution in [0.25, 0.3) is 11.4 Å². The van der Waals surface area contributed by atoms with Gasteiger partial charge in [-0.3, -0.25) is 4.99 Å². The van der Waals surface area contributed by atoms with Gasteiger partial charge in [-0.15, -0.1) is 35.3 Å². The van der Waals surface area contributed by atoms with Crippen molar-refractivity contribution in [3.8, 4) is 11.4 Å². The molecular weight excluding hydrogens is 513 g/mol. The van der Waals surface area contributed by atoms with E-state index in [0.29, 0.717) is 35.8 Å². The molecule has 0 aliphatic rings. The summed E-state index contributed by atoms with van der Waals surface area (Å²) in [6, 6.07) is 7.27. The van der Waals surface area contributed by atoms with E-state index in [2.05, 4.69) is 30.8 Å². The van der Waals surface area contributed by atoms with E-state index in [0.717, 1.165) is 16.4 Å². The zero-order valence-electron chi connectivity index (χ0n) is 15.6. The van der Waals surface area contributed by atoms with Gasteiger partial charge in [-0.1, -0.05) is 16.8 Å². The maximum absolute atomic E-state index is 5.89. The number of hydrogen-bond donors (Lipinski definition) is 2. The first-order valence-electron chi connectivity index (χ1n) is 8.20. The molecule has 0 saturated heterocycles. The summed E-state index contributed by atoms with van der Waals surface area (Å²) < 4.78 is 5.28. The molecular formula is C17H21ClIN7OS. The highest BCUT2D eigenvalue weighted by molar-refractivity contribution is 14.0. The topological polar surface area (TPSA) is 91.5 Å². The second-order valence-electron chi connectivity index (χ2n) is 5.81. The molecule has 2 heterocycles. The number of anilines is 1. The summed E-state index contributed by atoms with van der Waals surface area (Å²) in [6.45, 7) is 0.935. The van der Waals surface area contributed by atoms with Gasteiger partial charge in [0.1, 0.15) is 0 Å². The smallest absolute Gasteiger partial charge is 0.246 e. The van der Waals surface area contributed by atoms with E-state index in [9.17, 15) is 0 Å². The second kappa shape index (κ2) is 10.6. The minimum Gasteiger partial charge on any atom is -0.354 e. The molecule has 0 aliphatic carbocycles. The number of hydrogen-bond acceptors (Lipinski definition) is 7. The summed E-state index contributed by atoms with van der Waals surface area (Å²) in [6.07, 6.45) is 0. The molecule has 0 bridgehead atoms. The van der Waals surface area contributed by atoms with Crippen LogP contribution in [0.15, 0.2) is 39.2 Å². The lowest BCUT2D eigenvalue weighted by Crippen LogP contribution is -2.36. The maximum Gasteiger partial charge on any atom is 0.246 e. The van der Waals surface area contributed by atoms with Gasteiger partial charge in [-0.25, -0.2) is 4.98 Å². The van der Waals surface area contributed by atoms with Crippen molar-refractivity contribution < 1.29 is 4.52 Å². The first-order chi connectivity index (χ1) is 13.0. The van der Waals surface area contributed by atoms with E-state index in [1.54, 1.807) is 30.5 Å². The predicted octanol–water partition coefficient (Wildman–Crippen LogP) is 3.40. The number of rotatable bonds is 6. The van der Waals surface area contributed by atoms with Crippen molar-refractivity contribution in [1.82, 2.24) is 25.8 Å². The van der Waals surface area contributed by atoms with E-state index >= 15 is 0 Å². The van der Waals surface area contributed by atoms with E-state index in [-0.39, 0.29) is 24.0 Å². The minimum absolute atomic E-state index is 0. The van der Waals surface area contributed by atoms with Crippen LogP contribution in [0.1, 0.15) is 11.6 Å². The highest BCUT2D eigenvalue weighted by atomic mass is 127. The molecule has 2 aromatic heterocycles. The Morgan fingerprint density at radius 1 is 1.18 bits per heavy atom. The van der Waals surface area contributed by atoms with Crippen LogP contribution in [0.2, 0.25) is 5.02 Å². The average Bonchev–Trinajstić information content (AvgIpc) is 3.32. The molecule has 0 amide bonds. The monoisotopic (exact) mass is 533 g/mol. The van der Waals surface area contributed by atoms with Gasteiger partial charge in [0.15, 0.2) is 11.1 Å². The van der Waals surface area contributed by atoms with Crippen LogP contribution in [-0.2, 0) is 13.1 Å². The molecule has 0 radical (unpaired) electrons. The Bertz CT molecular complexity index is 910. The Hall–Kier alpha value is -1.92. The molecule has 3 rings (SSSR count). The molecule has 11 heteroatoms. The molecule has 0 saturated carbocycles. The van der Waals surface area contributed by atoms with Crippen molar-refractivity contribution in [2.45, 2.75) is 13.1 Å². The number of nitrogens with zero attached hydrogens (tertiary/aromatic N) is 5. The molecule has 3 aromatic rings. The Balaban J connectivity index is 0.00000280. The van der Waals surface area contributed by atoms with Crippen LogP contribution < -0.4 is 15.5 Å². The van der Waals surface area contributed by atoms with E-state index in [1.807, 2.05) is 36.5 Å². The molecule has 0 spiro atoms. The van der Waals surface area contributed by atoms with Gasteiger partial charge in [0.25, 0.3) is 0 Å². The molecule has 0 aliphatic heterocycles. The van der Waals surface area contributed by atoms with Crippen LogP contribution in [0, 0.1) is 0 Å². The van der Waals surface area contributed by atoms with Crippen LogP contribution in [0.4, 0.5) is 5.13 Å². The van der Waals surface area contributed by atoms with E-state index < -0.39 is 0 Å². The van der Waals surface area contributed by atoms with Crippen LogP contribution in [0.3, 0.4) is 0 Å². The van der Waals surface area contributed by atoms with E-state index in [1.165, 1.54) is 0 Å². The van der Waals surface area contributed by atoms with Gasteiger partial charge >= 0.3 is 0 Å². The van der Waals surface area contributed by atoms with Crippen LogP contribution in [0.5, 0.6) is 0 Å². The third kappa shape index (κ3) is 6.04. The van der Waals surface area contributed by atoms with Gasteiger partial charge in [0.05, 0.1) is 18.8 Å². The number of thiazole rings is 1. The Morgan fingerprint density at radius 3 is 2.54 bits per heavy atom. The standard InChI is InChI=1S/C17H20ClN7OS.HI/c1-19-16(20-8-13-10-27-17(22-13)25(2)3)21-9-14-23-15(24-26-14)11-4-6-12(18)7-5-11;/h4-7,10H,8-9H2,1-3H3,(H2,19,20,21);1H. The van der Waals surface area contributed by atoms with Crippen molar-refractivity contribution in [3.05, 3.63) is 46.3 Å². The zero-order valence-corrected chi connectivity index (χ0v) is 19.5. The highest BCUT2D eigenvalue weighted by Gasteiger charge is 2.10. The lowest BCUT2D eigenvalue weighted by Gasteiger charge is -2.09. The molecule has 28 heavy (non-hydrogen) atoms. The highest BCUT2D eigenvalue weighted by Crippen LogP contribution is 2.19. The number of nitrogens with one attached hydrogen (secondary N) is 2. The Kier molecular flexibility index (Phi) is 8.45. The van der Waals surface area contributed by atoms with Crippen molar-refractivity contribution in [2.75, 3.05) is 26.0 Å². The fourth-order valence-electron chi connectivity index (χ4n) is 2.18. The molecule has 0 unspecified atom stereocenters. The summed E-state index contributed by atoms with van der Waals surface area (Å²) >= 11 is 7.50. The Morgan fingerprint density at radius 2 is 1.89 bits per heavy atom. The quantitative estimate of drug-likeness (QED) is 0.285. The first kappa shape index (κ1) is 22.4. The third-order valence-electron chi connectivity index (χ3n) is 3.56. The van der Waals surface area contributed by atoms with Gasteiger partial charge < -0.3 is 20.1 Å². The Labute approximate surface area is 189 Å². The summed E-state index contributed by atoms with van der Waals surface area (Å²) in [5, 5.41) is 14.0. The molecule has 0 atom stereocenters. The van der Waals surface area contributed by atoms with Gasteiger partial charge in [-0.05, 0) is 24.3 Å². The van der Waals surface area contributed by atoms with Crippen molar-refractivity contribution in [2.24, 2.45) is 4.99 Å². The number of aromatic nitrogens is 3. The molecule has 2 N–H and O–H groups in total. The first-order valence-corrected chi connectivity index (χ1v) is 9.45. The van der Waals surface area contributed by atoms with Crippen molar-refractivity contribution >= 4 is 58.0 Å². The van der Waals surface area contributed by atoms with Crippen molar-refractivity contribution in [3.63, 3.8) is 0 Å². The van der Waals surface area contributed by atoms with Gasteiger partial charge in [0.2, 0.25) is 11.7 Å². The number of benzene rings is 1. The average molecular weight is 534 g/mol. The normalized spacial score (nSPS) is 11.1. The summed E-state index contributed by atoms with van der Waals surface area (Å²) in [5.41, 5.74) is 1.80. The number of halogens is 2. The maximum atomic E-state index is 5.89. The van der Waals surface area contributed by atoms with Crippen LogP contribution >= 0.6 is 46.9 Å². The molecule has 1 aromatic carbocycles. The fraction of sp³-hybridized carbons (Fsp3) is 0.294. The van der Waals surface area contributed by atoms with Crippen molar-refractivity contribution in [1.29, 1.82) is 0 Å². The largest absolute Gasteiger partial charge is 0.354 e. The van der Waals surface area contributed by atoms with Crippen LogP contribution in [-0.4, -0.2) is 42.2 Å². The lowest BCUT2D eigenvalue weighted by molar-refractivity contribution is 0.375. The second-order valence-corrected chi connectivity index (χ2v) is 7.09. The third-order valence-corrected chi connectivity index (χ3v) is 4.87. The summed E-state index contributed by atoms with van der Waals surface area (Å²) in [4.78, 5) is 15.1. The SMILES string of the molecule is CN=C(NCc1csc(N(C)C)n1)NCc1nc(-c2ccc(Cl)cc2)no1.I. The predicted molar refractivity (Wildman–Crippen MR) is 124 cm³/mol. The number of aliphatic imine (C=N–C) groups is 1. The summed E-state index contributed by atoms with van der Waals surface area (Å²) in [5.74, 6) is 1.61. The van der Waals surface area contributed by atoms with Gasteiger partial charge in [0, 0.05) is 37.1 Å².